The number of amides is 1. The highest BCUT2D eigenvalue weighted by Crippen LogP contribution is 2.28. The van der Waals surface area contributed by atoms with Crippen molar-refractivity contribution in [3.05, 3.63) is 95.8 Å². The molecule has 0 radical (unpaired) electrons. The molecule has 0 bridgehead atoms. The van der Waals surface area contributed by atoms with Crippen LogP contribution in [0.2, 0.25) is 0 Å². The Balaban J connectivity index is 1.47. The Morgan fingerprint density at radius 1 is 0.933 bits per heavy atom. The lowest BCUT2D eigenvalue weighted by Gasteiger charge is -2.36. The van der Waals surface area contributed by atoms with Crippen molar-refractivity contribution in [1.82, 2.24) is 15.4 Å². The molecule has 6 heteroatoms. The number of nitrogens with one attached hydrogen (secondary N) is 1. The second-order valence-electron chi connectivity index (χ2n) is 7.53. The lowest BCUT2D eigenvalue weighted by atomic mass is 9.90. The van der Waals surface area contributed by atoms with Gasteiger partial charge in [0.2, 0.25) is 0 Å². The molecule has 0 aliphatic carbocycles. The largest absolute Gasteiger partial charge is 0.369 e. The first-order valence-corrected chi connectivity index (χ1v) is 10.2. The standard InChI is InChI=1S/C24H26N4O2/c29-24(26-30)23(20-5-2-1-3-6-20)21-7-4-8-22(17-21)28-15-13-27(14-16-28)18-19-9-11-25-12-10-19/h1-12,17,23,30H,13-16,18H2,(H,26,29). The van der Waals surface area contributed by atoms with Crippen molar-refractivity contribution >= 4 is 11.6 Å². The van der Waals surface area contributed by atoms with Gasteiger partial charge in [-0.2, -0.15) is 0 Å². The molecule has 1 aromatic heterocycles. The summed E-state index contributed by atoms with van der Waals surface area (Å²) in [6, 6.07) is 21.7. The van der Waals surface area contributed by atoms with Crippen molar-refractivity contribution in [3.8, 4) is 0 Å². The van der Waals surface area contributed by atoms with E-state index < -0.39 is 11.8 Å². The van der Waals surface area contributed by atoms with E-state index in [0.29, 0.717) is 0 Å². The second kappa shape index (κ2) is 9.52. The first kappa shape index (κ1) is 20.1. The molecule has 1 saturated heterocycles. The maximum absolute atomic E-state index is 12.4. The van der Waals surface area contributed by atoms with Crippen molar-refractivity contribution in [2.45, 2.75) is 12.5 Å². The average molecular weight is 402 g/mol. The smallest absolute Gasteiger partial charge is 0.255 e. The van der Waals surface area contributed by atoms with Gasteiger partial charge in [-0.3, -0.25) is 19.9 Å². The number of carbonyl (C=O) groups is 1. The van der Waals surface area contributed by atoms with Crippen LogP contribution in [0.25, 0.3) is 0 Å². The maximum Gasteiger partial charge on any atom is 0.255 e. The maximum atomic E-state index is 12.4. The van der Waals surface area contributed by atoms with E-state index in [-0.39, 0.29) is 0 Å². The third-order valence-corrected chi connectivity index (χ3v) is 5.60. The van der Waals surface area contributed by atoms with Crippen LogP contribution in [0.1, 0.15) is 22.6 Å². The zero-order valence-electron chi connectivity index (χ0n) is 16.8. The second-order valence-corrected chi connectivity index (χ2v) is 7.53. The molecule has 2 N–H and O–H groups in total. The molecular formula is C24H26N4O2. The molecule has 30 heavy (non-hydrogen) atoms. The SMILES string of the molecule is O=C(NO)C(c1ccccc1)c1cccc(N2CCN(Cc3ccncc3)CC2)c1. The Bertz CT molecular complexity index is 957. The van der Waals surface area contributed by atoms with E-state index in [1.54, 1.807) is 0 Å². The summed E-state index contributed by atoms with van der Waals surface area (Å²) in [6.45, 7) is 4.74. The molecule has 0 spiro atoms. The predicted octanol–water partition coefficient (Wildman–Crippen LogP) is 3.04. The molecule has 1 unspecified atom stereocenters. The number of pyridine rings is 1. The van der Waals surface area contributed by atoms with Gasteiger partial charge in [0.05, 0.1) is 5.92 Å². The van der Waals surface area contributed by atoms with E-state index in [1.165, 1.54) is 5.56 Å². The summed E-state index contributed by atoms with van der Waals surface area (Å²) in [5.74, 6) is -0.982. The number of hydrogen-bond acceptors (Lipinski definition) is 5. The van der Waals surface area contributed by atoms with Crippen molar-refractivity contribution < 1.29 is 10.0 Å². The van der Waals surface area contributed by atoms with Crippen molar-refractivity contribution in [3.63, 3.8) is 0 Å². The fourth-order valence-corrected chi connectivity index (χ4v) is 4.02. The van der Waals surface area contributed by atoms with Crippen LogP contribution < -0.4 is 10.4 Å². The minimum Gasteiger partial charge on any atom is -0.369 e. The normalized spacial score (nSPS) is 15.6. The molecule has 3 aromatic rings. The van der Waals surface area contributed by atoms with Gasteiger partial charge in [0.25, 0.3) is 5.91 Å². The van der Waals surface area contributed by atoms with Gasteiger partial charge in [-0.25, -0.2) is 5.48 Å². The van der Waals surface area contributed by atoms with E-state index in [1.807, 2.05) is 60.3 Å². The van der Waals surface area contributed by atoms with Gasteiger partial charge in [-0.15, -0.1) is 0 Å². The number of benzene rings is 2. The van der Waals surface area contributed by atoms with E-state index in [2.05, 4.69) is 39.0 Å². The summed E-state index contributed by atoms with van der Waals surface area (Å²) in [6.07, 6.45) is 3.67. The average Bonchev–Trinajstić information content (AvgIpc) is 2.81. The highest BCUT2D eigenvalue weighted by molar-refractivity contribution is 5.86. The molecule has 0 saturated carbocycles. The van der Waals surface area contributed by atoms with Crippen molar-refractivity contribution in [1.29, 1.82) is 0 Å². The number of hydrogen-bond donors (Lipinski definition) is 2. The van der Waals surface area contributed by atoms with E-state index in [9.17, 15) is 10.0 Å². The number of hydroxylamine groups is 1. The molecule has 2 aromatic carbocycles. The first-order chi connectivity index (χ1) is 14.7. The summed E-state index contributed by atoms with van der Waals surface area (Å²) >= 11 is 0. The highest BCUT2D eigenvalue weighted by Gasteiger charge is 2.24. The molecule has 1 amide bonds. The third-order valence-electron chi connectivity index (χ3n) is 5.60. The Labute approximate surface area is 176 Å². The summed E-state index contributed by atoms with van der Waals surface area (Å²) in [4.78, 5) is 21.3. The number of aromatic nitrogens is 1. The lowest BCUT2D eigenvalue weighted by Crippen LogP contribution is -2.46. The summed E-state index contributed by atoms with van der Waals surface area (Å²) in [5, 5.41) is 9.28. The summed E-state index contributed by atoms with van der Waals surface area (Å²) < 4.78 is 0. The van der Waals surface area contributed by atoms with Crippen LogP contribution in [0.4, 0.5) is 5.69 Å². The number of carbonyl (C=O) groups excluding carboxylic acids is 1. The zero-order chi connectivity index (χ0) is 20.8. The summed E-state index contributed by atoms with van der Waals surface area (Å²) in [5.41, 5.74) is 5.92. The van der Waals surface area contributed by atoms with Gasteiger partial charge in [0.15, 0.2) is 0 Å². The van der Waals surface area contributed by atoms with Crippen molar-refractivity contribution in [2.24, 2.45) is 0 Å². The van der Waals surface area contributed by atoms with Crippen LogP contribution in [0.3, 0.4) is 0 Å². The van der Waals surface area contributed by atoms with E-state index in [0.717, 1.165) is 49.5 Å². The molecule has 1 fully saturated rings. The number of nitrogens with zero attached hydrogens (tertiary/aromatic N) is 3. The number of rotatable bonds is 6. The Morgan fingerprint density at radius 3 is 2.33 bits per heavy atom. The Morgan fingerprint density at radius 2 is 1.63 bits per heavy atom. The Kier molecular flexibility index (Phi) is 6.37. The topological polar surface area (TPSA) is 68.7 Å². The molecule has 1 atom stereocenters. The first-order valence-electron chi connectivity index (χ1n) is 10.2. The molecule has 4 rings (SSSR count). The summed E-state index contributed by atoms with van der Waals surface area (Å²) in [7, 11) is 0. The quantitative estimate of drug-likeness (QED) is 0.490. The lowest BCUT2D eigenvalue weighted by molar-refractivity contribution is -0.129. The molecule has 2 heterocycles. The minimum atomic E-state index is -0.552. The van der Waals surface area contributed by atoms with Gasteiger partial charge in [-0.05, 0) is 41.0 Å². The predicted molar refractivity (Wildman–Crippen MR) is 116 cm³/mol. The molecular weight excluding hydrogens is 376 g/mol. The number of anilines is 1. The van der Waals surface area contributed by atoms with E-state index >= 15 is 0 Å². The number of piperazine rings is 1. The monoisotopic (exact) mass is 402 g/mol. The van der Waals surface area contributed by atoms with E-state index in [4.69, 9.17) is 0 Å². The van der Waals surface area contributed by atoms with Gasteiger partial charge >= 0.3 is 0 Å². The molecule has 6 nitrogen and oxygen atoms in total. The highest BCUT2D eigenvalue weighted by atomic mass is 16.5. The van der Waals surface area contributed by atoms with Crippen LogP contribution in [-0.4, -0.2) is 47.2 Å². The van der Waals surface area contributed by atoms with Gasteiger partial charge in [0, 0.05) is 50.8 Å². The fraction of sp³-hybridized carbons (Fsp3) is 0.250. The molecule has 154 valence electrons. The molecule has 1 aliphatic heterocycles. The Hall–Kier alpha value is -3.22. The van der Waals surface area contributed by atoms with Crippen LogP contribution in [0.15, 0.2) is 79.1 Å². The molecule has 1 aliphatic rings. The van der Waals surface area contributed by atoms with Gasteiger partial charge in [0.1, 0.15) is 0 Å². The minimum absolute atomic E-state index is 0.430. The van der Waals surface area contributed by atoms with Gasteiger partial charge < -0.3 is 4.90 Å². The van der Waals surface area contributed by atoms with Crippen molar-refractivity contribution in [2.75, 3.05) is 31.1 Å². The van der Waals surface area contributed by atoms with Crippen LogP contribution in [-0.2, 0) is 11.3 Å². The van der Waals surface area contributed by atoms with Crippen LogP contribution in [0, 0.1) is 0 Å². The van der Waals surface area contributed by atoms with Crippen LogP contribution in [0.5, 0.6) is 0 Å². The fourth-order valence-electron chi connectivity index (χ4n) is 4.02. The van der Waals surface area contributed by atoms with Crippen LogP contribution >= 0.6 is 0 Å². The zero-order valence-corrected chi connectivity index (χ0v) is 16.8. The third kappa shape index (κ3) is 4.67. The van der Waals surface area contributed by atoms with Gasteiger partial charge in [-0.1, -0.05) is 42.5 Å².